The molecule has 0 aliphatic rings. The number of hydrogen-bond acceptors (Lipinski definition) is 6. The first-order valence-electron chi connectivity index (χ1n) is 33.0. The number of carbonyl (C=O) groups is 3. The predicted molar refractivity (Wildman–Crippen MR) is 321 cm³/mol. The van der Waals surface area contributed by atoms with Crippen LogP contribution >= 0.6 is 0 Å². The van der Waals surface area contributed by atoms with E-state index in [0.717, 1.165) is 96.3 Å². The van der Waals surface area contributed by atoms with Crippen LogP contribution in [0.15, 0.2) is 36.5 Å². The van der Waals surface area contributed by atoms with Crippen LogP contribution in [0.5, 0.6) is 0 Å². The largest absolute Gasteiger partial charge is 0.462 e. The molecule has 0 radical (unpaired) electrons. The maximum absolute atomic E-state index is 12.8. The molecule has 0 saturated heterocycles. The van der Waals surface area contributed by atoms with Crippen molar-refractivity contribution in [2.45, 2.75) is 367 Å². The smallest absolute Gasteiger partial charge is 0.306 e. The zero-order valence-electron chi connectivity index (χ0n) is 49.9. The third-order valence-electron chi connectivity index (χ3n) is 14.9. The summed E-state index contributed by atoms with van der Waals surface area (Å²) < 4.78 is 16.8. The van der Waals surface area contributed by atoms with Gasteiger partial charge in [-0.3, -0.25) is 14.4 Å². The Hall–Kier alpha value is -2.37. The molecule has 0 N–H and O–H groups in total. The van der Waals surface area contributed by atoms with Gasteiger partial charge in [-0.25, -0.2) is 0 Å². The Bertz CT molecular complexity index is 1240. The maximum atomic E-state index is 12.8. The topological polar surface area (TPSA) is 78.9 Å². The zero-order valence-corrected chi connectivity index (χ0v) is 49.9. The number of ether oxygens (including phenoxy) is 3. The van der Waals surface area contributed by atoms with E-state index >= 15 is 0 Å². The number of hydrogen-bond donors (Lipinski definition) is 0. The normalized spacial score (nSPS) is 12.2. The Morgan fingerprint density at radius 3 is 0.824 bits per heavy atom. The molecule has 0 bridgehead atoms. The Morgan fingerprint density at radius 2 is 0.527 bits per heavy atom. The second-order valence-corrected chi connectivity index (χ2v) is 22.4. The number of rotatable bonds is 61. The molecular formula is C68H126O6. The lowest BCUT2D eigenvalue weighted by Crippen LogP contribution is -2.30. The molecule has 1 unspecified atom stereocenters. The van der Waals surface area contributed by atoms with Gasteiger partial charge in [0.15, 0.2) is 6.10 Å². The van der Waals surface area contributed by atoms with Crippen molar-refractivity contribution in [3.05, 3.63) is 36.5 Å². The Kier molecular flexibility index (Phi) is 61.1. The molecule has 434 valence electrons. The predicted octanol–water partition coefficient (Wildman–Crippen LogP) is 22.4. The van der Waals surface area contributed by atoms with Crippen molar-refractivity contribution in [3.63, 3.8) is 0 Å². The number of allylic oxidation sites excluding steroid dienone is 6. The number of esters is 3. The second-order valence-electron chi connectivity index (χ2n) is 22.4. The molecule has 0 aliphatic carbocycles. The molecule has 6 heteroatoms. The van der Waals surface area contributed by atoms with Gasteiger partial charge in [0.05, 0.1) is 0 Å². The van der Waals surface area contributed by atoms with Gasteiger partial charge in [0.25, 0.3) is 0 Å². The lowest BCUT2D eigenvalue weighted by atomic mass is 10.0. The van der Waals surface area contributed by atoms with Gasteiger partial charge < -0.3 is 14.2 Å². The average Bonchev–Trinajstić information content (AvgIpc) is 3.40. The van der Waals surface area contributed by atoms with E-state index in [1.165, 1.54) is 225 Å². The molecule has 0 aliphatic heterocycles. The van der Waals surface area contributed by atoms with Crippen LogP contribution in [0.1, 0.15) is 361 Å². The third kappa shape index (κ3) is 60.5. The monoisotopic (exact) mass is 1040 g/mol. The Balaban J connectivity index is 3.86. The lowest BCUT2D eigenvalue weighted by molar-refractivity contribution is -0.167. The molecule has 1 atom stereocenters. The van der Waals surface area contributed by atoms with Crippen molar-refractivity contribution in [2.24, 2.45) is 0 Å². The molecule has 0 aromatic carbocycles. The fraction of sp³-hybridized carbons (Fsp3) is 0.868. The SMILES string of the molecule is CC/C=C\C/C=C\C/C=C\CCCCCCCC(=O)OC(COC(=O)CCCCCCCC)COC(=O)CCCCCCCCCCCCCCCCCCCCCCCCCCCCCCCCCCCCC. The first-order chi connectivity index (χ1) is 36.5. The molecule has 0 amide bonds. The van der Waals surface area contributed by atoms with E-state index in [4.69, 9.17) is 14.2 Å². The summed E-state index contributed by atoms with van der Waals surface area (Å²) in [4.78, 5) is 37.9. The van der Waals surface area contributed by atoms with Crippen molar-refractivity contribution in [2.75, 3.05) is 13.2 Å². The molecular weight excluding hydrogens is 913 g/mol. The molecule has 74 heavy (non-hydrogen) atoms. The fourth-order valence-corrected chi connectivity index (χ4v) is 9.99. The lowest BCUT2D eigenvalue weighted by Gasteiger charge is -2.18. The van der Waals surface area contributed by atoms with E-state index in [1.54, 1.807) is 0 Å². The van der Waals surface area contributed by atoms with Crippen LogP contribution in [0, 0.1) is 0 Å². The Labute approximate surface area is 461 Å². The standard InChI is InChI=1S/C68H126O6/c1-4-7-10-13-16-18-20-22-24-25-26-27-28-29-30-31-32-33-34-35-36-37-38-39-40-41-42-43-45-46-48-50-52-55-58-61-67(70)73-64-65(63-72-66(69)60-57-54-15-12-9-6-3)74-68(71)62-59-56-53-51-49-47-44-23-21-19-17-14-11-8-5-2/h8,11,17,19,23,44,65H,4-7,9-10,12-16,18,20-22,24-43,45-64H2,1-3H3/b11-8-,19-17-,44-23-. The highest BCUT2D eigenvalue weighted by Crippen LogP contribution is 2.18. The van der Waals surface area contributed by atoms with Gasteiger partial charge >= 0.3 is 17.9 Å². The van der Waals surface area contributed by atoms with Gasteiger partial charge in [-0.1, -0.05) is 327 Å². The van der Waals surface area contributed by atoms with Crippen molar-refractivity contribution >= 4 is 17.9 Å². The first-order valence-corrected chi connectivity index (χ1v) is 33.0. The van der Waals surface area contributed by atoms with Crippen LogP contribution in [-0.4, -0.2) is 37.2 Å². The summed E-state index contributed by atoms with van der Waals surface area (Å²) >= 11 is 0. The van der Waals surface area contributed by atoms with Crippen LogP contribution in [0.25, 0.3) is 0 Å². The van der Waals surface area contributed by atoms with Crippen molar-refractivity contribution < 1.29 is 28.6 Å². The van der Waals surface area contributed by atoms with Crippen LogP contribution in [0.3, 0.4) is 0 Å². The molecule has 0 spiro atoms. The van der Waals surface area contributed by atoms with Crippen molar-refractivity contribution in [1.29, 1.82) is 0 Å². The van der Waals surface area contributed by atoms with Gasteiger partial charge in [0.2, 0.25) is 0 Å². The first kappa shape index (κ1) is 71.6. The minimum atomic E-state index is -0.776. The van der Waals surface area contributed by atoms with E-state index in [0.29, 0.717) is 19.3 Å². The fourth-order valence-electron chi connectivity index (χ4n) is 9.99. The van der Waals surface area contributed by atoms with Gasteiger partial charge in [0.1, 0.15) is 13.2 Å². The number of unbranched alkanes of at least 4 members (excludes halogenated alkanes) is 44. The summed E-state index contributed by atoms with van der Waals surface area (Å²) in [6.07, 6.45) is 78.0. The second kappa shape index (κ2) is 63.2. The molecule has 0 aromatic heterocycles. The summed E-state index contributed by atoms with van der Waals surface area (Å²) in [5.41, 5.74) is 0. The summed E-state index contributed by atoms with van der Waals surface area (Å²) in [5, 5.41) is 0. The van der Waals surface area contributed by atoms with Crippen molar-refractivity contribution in [3.8, 4) is 0 Å². The quantitative estimate of drug-likeness (QED) is 0.0261. The highest BCUT2D eigenvalue weighted by atomic mass is 16.6. The molecule has 6 nitrogen and oxygen atoms in total. The molecule has 0 heterocycles. The summed E-state index contributed by atoms with van der Waals surface area (Å²) in [5.74, 6) is -0.886. The van der Waals surface area contributed by atoms with E-state index in [1.807, 2.05) is 0 Å². The molecule has 0 rings (SSSR count). The van der Waals surface area contributed by atoms with Gasteiger partial charge in [-0.2, -0.15) is 0 Å². The molecule has 0 fully saturated rings. The maximum Gasteiger partial charge on any atom is 0.306 e. The van der Waals surface area contributed by atoms with Crippen LogP contribution in [0.4, 0.5) is 0 Å². The Morgan fingerprint density at radius 1 is 0.284 bits per heavy atom. The molecule has 0 saturated carbocycles. The minimum Gasteiger partial charge on any atom is -0.462 e. The third-order valence-corrected chi connectivity index (χ3v) is 14.9. The minimum absolute atomic E-state index is 0.0756. The summed E-state index contributed by atoms with van der Waals surface area (Å²) in [6, 6.07) is 0. The van der Waals surface area contributed by atoms with Gasteiger partial charge in [-0.05, 0) is 51.4 Å². The van der Waals surface area contributed by atoms with Crippen molar-refractivity contribution in [1.82, 2.24) is 0 Å². The summed E-state index contributed by atoms with van der Waals surface area (Å²) in [6.45, 7) is 6.50. The van der Waals surface area contributed by atoms with E-state index < -0.39 is 6.10 Å². The average molecular weight is 1040 g/mol. The van der Waals surface area contributed by atoms with Gasteiger partial charge in [-0.15, -0.1) is 0 Å². The summed E-state index contributed by atoms with van der Waals surface area (Å²) in [7, 11) is 0. The zero-order chi connectivity index (χ0) is 53.6. The van der Waals surface area contributed by atoms with E-state index in [-0.39, 0.29) is 31.1 Å². The van der Waals surface area contributed by atoms with Crippen LogP contribution < -0.4 is 0 Å². The van der Waals surface area contributed by atoms with E-state index in [9.17, 15) is 14.4 Å². The highest BCUT2D eigenvalue weighted by Gasteiger charge is 2.19. The van der Waals surface area contributed by atoms with Gasteiger partial charge in [0, 0.05) is 19.3 Å². The molecule has 0 aromatic rings. The highest BCUT2D eigenvalue weighted by molar-refractivity contribution is 5.71. The number of carbonyl (C=O) groups excluding carboxylic acids is 3. The van der Waals surface area contributed by atoms with Crippen LogP contribution in [-0.2, 0) is 28.6 Å². The van der Waals surface area contributed by atoms with Crippen LogP contribution in [0.2, 0.25) is 0 Å². The van der Waals surface area contributed by atoms with E-state index in [2.05, 4.69) is 57.2 Å².